The van der Waals surface area contributed by atoms with Crippen molar-refractivity contribution < 1.29 is 43.7 Å². The highest BCUT2D eigenvalue weighted by molar-refractivity contribution is 4.91. The van der Waals surface area contributed by atoms with E-state index in [1.165, 1.54) is 0 Å². The third-order valence-electron chi connectivity index (χ3n) is 3.62. The van der Waals surface area contributed by atoms with E-state index in [2.05, 4.69) is 0 Å². The van der Waals surface area contributed by atoms with Gasteiger partial charge in [-0.25, -0.2) is 0 Å². The molecule has 1 heterocycles. The molecule has 1 aliphatic rings. The summed E-state index contributed by atoms with van der Waals surface area (Å²) in [5.41, 5.74) is 0. The predicted molar refractivity (Wildman–Crippen MR) is 87.5 cm³/mol. The second kappa shape index (κ2) is 14.8. The molecule has 0 aromatic heterocycles. The molecule has 3 N–H and O–H groups in total. The number of aliphatic hydroxyl groups is 3. The molecule has 1 rings (SSSR count). The maximum Gasteiger partial charge on any atom is 0.115 e. The normalized spacial score (nSPS) is 24.7. The predicted octanol–water partition coefficient (Wildman–Crippen LogP) is -1.43. The first kappa shape index (κ1) is 22.7. The minimum atomic E-state index is -0.464. The van der Waals surface area contributed by atoms with Crippen molar-refractivity contribution in [3.63, 3.8) is 0 Å². The summed E-state index contributed by atoms with van der Waals surface area (Å²) in [5, 5.41) is 27.0. The Bertz CT molecular complexity index is 305. The fourth-order valence-electron chi connectivity index (χ4n) is 2.57. The highest BCUT2D eigenvalue weighted by Gasteiger charge is 2.43. The first-order valence-corrected chi connectivity index (χ1v) is 8.72. The molecule has 9 heteroatoms. The molecule has 0 radical (unpaired) electrons. The molecular formula is C16H32O9. The van der Waals surface area contributed by atoms with Gasteiger partial charge in [-0.15, -0.1) is 0 Å². The van der Waals surface area contributed by atoms with Crippen LogP contribution in [0.15, 0.2) is 0 Å². The van der Waals surface area contributed by atoms with E-state index in [0.29, 0.717) is 26.4 Å². The van der Waals surface area contributed by atoms with Gasteiger partial charge in [0.2, 0.25) is 0 Å². The van der Waals surface area contributed by atoms with Crippen LogP contribution in [0.4, 0.5) is 0 Å². The molecule has 1 fully saturated rings. The van der Waals surface area contributed by atoms with Crippen LogP contribution in [0.3, 0.4) is 0 Å². The van der Waals surface area contributed by atoms with Gasteiger partial charge in [-0.1, -0.05) is 0 Å². The second-order valence-corrected chi connectivity index (χ2v) is 5.39. The molecule has 9 nitrogen and oxygen atoms in total. The summed E-state index contributed by atoms with van der Waals surface area (Å²) in [6.45, 7) is 4.12. The Balaban J connectivity index is 2.60. The maximum absolute atomic E-state index is 9.03. The fraction of sp³-hybridized carbons (Fsp3) is 1.00. The Morgan fingerprint density at radius 1 is 0.920 bits per heavy atom. The van der Waals surface area contributed by atoms with E-state index in [4.69, 9.17) is 43.7 Å². The van der Waals surface area contributed by atoms with Gasteiger partial charge < -0.3 is 43.7 Å². The monoisotopic (exact) mass is 368 g/mol. The fourth-order valence-corrected chi connectivity index (χ4v) is 2.57. The summed E-state index contributed by atoms with van der Waals surface area (Å²) in [6, 6.07) is 0. The average Bonchev–Trinajstić information content (AvgIpc) is 3.03. The number of hydrogen-bond acceptors (Lipinski definition) is 9. The van der Waals surface area contributed by atoms with Gasteiger partial charge in [0.05, 0.1) is 66.1 Å². The quantitative estimate of drug-likeness (QED) is 0.282. The van der Waals surface area contributed by atoms with Crippen LogP contribution in [0, 0.1) is 0 Å². The van der Waals surface area contributed by atoms with Gasteiger partial charge in [0, 0.05) is 6.61 Å². The Morgan fingerprint density at radius 2 is 1.60 bits per heavy atom. The van der Waals surface area contributed by atoms with E-state index in [1.54, 1.807) is 0 Å². The minimum absolute atomic E-state index is 0.0983. The lowest BCUT2D eigenvalue weighted by Gasteiger charge is -2.29. The standard InChI is InChI=1S/C16H32O9/c1-2-20-9-10-21-11-13(22-6-3-17)16-15(24-8-5-19)14(12-25-16)23-7-4-18/h13-19H,2-12H2,1H3/t13?,14-,15+,16-/m1/s1. The summed E-state index contributed by atoms with van der Waals surface area (Å²) >= 11 is 0. The molecule has 0 amide bonds. The zero-order chi connectivity index (χ0) is 18.3. The van der Waals surface area contributed by atoms with Gasteiger partial charge in [-0.3, -0.25) is 0 Å². The molecule has 0 spiro atoms. The van der Waals surface area contributed by atoms with Gasteiger partial charge in [-0.05, 0) is 6.92 Å². The number of aliphatic hydroxyl groups excluding tert-OH is 3. The van der Waals surface area contributed by atoms with Gasteiger partial charge in [0.15, 0.2) is 0 Å². The molecule has 150 valence electrons. The van der Waals surface area contributed by atoms with Gasteiger partial charge in [0.25, 0.3) is 0 Å². The molecule has 1 unspecified atom stereocenters. The summed E-state index contributed by atoms with van der Waals surface area (Å²) in [4.78, 5) is 0. The van der Waals surface area contributed by atoms with Crippen molar-refractivity contribution >= 4 is 0 Å². The first-order chi connectivity index (χ1) is 12.3. The lowest BCUT2D eigenvalue weighted by atomic mass is 10.1. The summed E-state index contributed by atoms with van der Waals surface area (Å²) < 4.78 is 33.5. The van der Waals surface area contributed by atoms with Crippen molar-refractivity contribution in [2.75, 3.05) is 72.7 Å². The van der Waals surface area contributed by atoms with Crippen molar-refractivity contribution in [1.29, 1.82) is 0 Å². The molecular weight excluding hydrogens is 336 g/mol. The molecule has 0 aliphatic carbocycles. The Morgan fingerprint density at radius 3 is 2.28 bits per heavy atom. The molecule has 4 atom stereocenters. The zero-order valence-electron chi connectivity index (χ0n) is 14.9. The Kier molecular flexibility index (Phi) is 13.4. The van der Waals surface area contributed by atoms with E-state index < -0.39 is 18.3 Å². The number of rotatable bonds is 16. The highest BCUT2D eigenvalue weighted by Crippen LogP contribution is 2.25. The van der Waals surface area contributed by atoms with E-state index in [-0.39, 0.29) is 52.4 Å². The highest BCUT2D eigenvalue weighted by atomic mass is 16.6. The van der Waals surface area contributed by atoms with Crippen LogP contribution in [0.25, 0.3) is 0 Å². The van der Waals surface area contributed by atoms with Crippen molar-refractivity contribution in [2.24, 2.45) is 0 Å². The Labute approximate surface area is 148 Å². The third-order valence-corrected chi connectivity index (χ3v) is 3.62. The smallest absolute Gasteiger partial charge is 0.115 e. The van der Waals surface area contributed by atoms with E-state index in [9.17, 15) is 0 Å². The van der Waals surface area contributed by atoms with Gasteiger partial charge in [0.1, 0.15) is 24.4 Å². The maximum atomic E-state index is 9.03. The van der Waals surface area contributed by atoms with Crippen LogP contribution in [-0.4, -0.2) is 112 Å². The zero-order valence-corrected chi connectivity index (χ0v) is 14.9. The van der Waals surface area contributed by atoms with Crippen molar-refractivity contribution in [3.8, 4) is 0 Å². The van der Waals surface area contributed by atoms with E-state index >= 15 is 0 Å². The molecule has 25 heavy (non-hydrogen) atoms. The molecule has 1 saturated heterocycles. The van der Waals surface area contributed by atoms with Crippen LogP contribution >= 0.6 is 0 Å². The van der Waals surface area contributed by atoms with Crippen molar-refractivity contribution in [2.45, 2.75) is 31.3 Å². The number of hydrogen-bond donors (Lipinski definition) is 3. The summed E-state index contributed by atoms with van der Waals surface area (Å²) in [5.74, 6) is 0. The van der Waals surface area contributed by atoms with Crippen LogP contribution in [0.1, 0.15) is 6.92 Å². The van der Waals surface area contributed by atoms with Crippen LogP contribution in [-0.2, 0) is 28.4 Å². The largest absolute Gasteiger partial charge is 0.394 e. The second-order valence-electron chi connectivity index (χ2n) is 5.39. The Hall–Kier alpha value is -0.360. The third kappa shape index (κ3) is 8.72. The molecule has 0 aromatic rings. The van der Waals surface area contributed by atoms with E-state index in [1.807, 2.05) is 6.92 Å². The van der Waals surface area contributed by atoms with Crippen LogP contribution in [0.2, 0.25) is 0 Å². The topological polar surface area (TPSA) is 116 Å². The minimum Gasteiger partial charge on any atom is -0.394 e. The van der Waals surface area contributed by atoms with E-state index in [0.717, 1.165) is 0 Å². The van der Waals surface area contributed by atoms with Gasteiger partial charge >= 0.3 is 0 Å². The molecule has 1 aliphatic heterocycles. The van der Waals surface area contributed by atoms with Crippen molar-refractivity contribution in [3.05, 3.63) is 0 Å². The van der Waals surface area contributed by atoms with Crippen molar-refractivity contribution in [1.82, 2.24) is 0 Å². The lowest BCUT2D eigenvalue weighted by Crippen LogP contribution is -2.45. The lowest BCUT2D eigenvalue weighted by molar-refractivity contribution is -0.136. The molecule has 0 aromatic carbocycles. The molecule has 0 saturated carbocycles. The van der Waals surface area contributed by atoms with Crippen LogP contribution in [0.5, 0.6) is 0 Å². The van der Waals surface area contributed by atoms with Gasteiger partial charge in [-0.2, -0.15) is 0 Å². The average molecular weight is 368 g/mol. The number of ether oxygens (including phenoxy) is 6. The molecule has 0 bridgehead atoms. The summed E-state index contributed by atoms with van der Waals surface area (Å²) in [7, 11) is 0. The SMILES string of the molecule is CCOCCOCC(OCCO)[C@H]1OC[C@@H](OCCO)[C@@H]1OCCO. The first-order valence-electron chi connectivity index (χ1n) is 8.72. The summed E-state index contributed by atoms with van der Waals surface area (Å²) in [6.07, 6.45) is -1.75. The van der Waals surface area contributed by atoms with Crippen LogP contribution < -0.4 is 0 Å².